The van der Waals surface area contributed by atoms with E-state index in [1.807, 2.05) is 0 Å². The van der Waals surface area contributed by atoms with Crippen molar-refractivity contribution in [1.82, 2.24) is 4.98 Å². The summed E-state index contributed by atoms with van der Waals surface area (Å²) in [5.74, 6) is 0. The van der Waals surface area contributed by atoms with E-state index in [0.29, 0.717) is 0 Å². The lowest BCUT2D eigenvalue weighted by atomic mass is 9.94. The number of hydrogen-bond donors (Lipinski definition) is 1. The summed E-state index contributed by atoms with van der Waals surface area (Å²) in [6.07, 6.45) is -9.69. The molecule has 3 aromatic rings. The van der Waals surface area contributed by atoms with E-state index in [-0.39, 0.29) is 22.5 Å². The summed E-state index contributed by atoms with van der Waals surface area (Å²) in [7, 11) is 0. The van der Waals surface area contributed by atoms with Crippen LogP contribution < -0.4 is 0 Å². The monoisotopic (exact) mass is 355 g/mol. The highest BCUT2D eigenvalue weighted by Crippen LogP contribution is 2.42. The predicted molar refractivity (Wildman–Crippen MR) is 82.9 cm³/mol. The number of para-hydroxylation sites is 1. The van der Waals surface area contributed by atoms with Crippen LogP contribution in [0.4, 0.5) is 26.3 Å². The lowest BCUT2D eigenvalue weighted by Gasteiger charge is -2.14. The van der Waals surface area contributed by atoms with Crippen molar-refractivity contribution in [2.24, 2.45) is 0 Å². The number of benzene rings is 2. The van der Waals surface area contributed by atoms with Crippen molar-refractivity contribution in [3.05, 3.63) is 77.5 Å². The van der Waals surface area contributed by atoms with Crippen molar-refractivity contribution < 1.29 is 26.3 Å². The van der Waals surface area contributed by atoms with Crippen molar-refractivity contribution >= 4 is 16.5 Å². The second-order valence-electron chi connectivity index (χ2n) is 5.38. The van der Waals surface area contributed by atoms with Gasteiger partial charge in [0.2, 0.25) is 0 Å². The highest BCUT2D eigenvalue weighted by molar-refractivity contribution is 5.98. The first-order valence-corrected chi connectivity index (χ1v) is 7.20. The van der Waals surface area contributed by atoms with Gasteiger partial charge in [-0.15, -0.1) is 0 Å². The highest BCUT2D eigenvalue weighted by Gasteiger charge is 2.38. The molecule has 130 valence electrons. The number of hydrogen-bond acceptors (Lipinski definition) is 0. The van der Waals surface area contributed by atoms with Gasteiger partial charge in [0.1, 0.15) is 5.69 Å². The maximum absolute atomic E-state index is 13.5. The molecule has 0 radical (unpaired) electrons. The fourth-order valence-electron chi connectivity index (χ4n) is 2.72. The lowest BCUT2D eigenvalue weighted by molar-refractivity contribution is -0.140. The molecule has 0 bridgehead atoms. The SMILES string of the molecule is FC(F)(F)/C=C(\c1ccccc1)c1c(C(F)(F)F)[nH]c2ccccc12. The van der Waals surface area contributed by atoms with Gasteiger partial charge in [0, 0.05) is 22.5 Å². The minimum Gasteiger partial charge on any atom is -0.350 e. The average Bonchev–Trinajstić information content (AvgIpc) is 2.92. The molecule has 0 aliphatic heterocycles. The molecule has 0 saturated heterocycles. The topological polar surface area (TPSA) is 15.8 Å². The molecule has 1 aromatic heterocycles. The number of alkyl halides is 6. The lowest BCUT2D eigenvalue weighted by Crippen LogP contribution is -2.11. The molecule has 0 amide bonds. The van der Waals surface area contributed by atoms with Crippen LogP contribution in [0.3, 0.4) is 0 Å². The second-order valence-corrected chi connectivity index (χ2v) is 5.38. The number of nitrogens with one attached hydrogen (secondary N) is 1. The van der Waals surface area contributed by atoms with Crippen LogP contribution in [-0.2, 0) is 6.18 Å². The molecule has 0 spiro atoms. The normalized spacial score (nSPS) is 13.4. The Morgan fingerprint density at radius 3 is 2.00 bits per heavy atom. The Kier molecular flexibility index (Phi) is 4.10. The van der Waals surface area contributed by atoms with E-state index in [1.165, 1.54) is 48.5 Å². The van der Waals surface area contributed by atoms with Crippen LogP contribution in [0.5, 0.6) is 0 Å². The zero-order chi connectivity index (χ0) is 18.2. The van der Waals surface area contributed by atoms with Crippen LogP contribution in [0.25, 0.3) is 16.5 Å². The molecular formula is C18H11F6N. The number of rotatable bonds is 2. The molecule has 25 heavy (non-hydrogen) atoms. The van der Waals surface area contributed by atoms with Gasteiger partial charge in [0.05, 0.1) is 0 Å². The van der Waals surface area contributed by atoms with Gasteiger partial charge in [-0.1, -0.05) is 48.5 Å². The third-order valence-corrected chi connectivity index (χ3v) is 3.65. The maximum Gasteiger partial charge on any atom is 0.431 e. The number of aromatic amines is 1. The van der Waals surface area contributed by atoms with Crippen molar-refractivity contribution in [3.8, 4) is 0 Å². The molecule has 0 atom stereocenters. The van der Waals surface area contributed by atoms with Crippen LogP contribution in [0.1, 0.15) is 16.8 Å². The minimum absolute atomic E-state index is 0.0510. The molecule has 7 heteroatoms. The standard InChI is InChI=1S/C18H11F6N/c19-17(20,21)10-13(11-6-2-1-3-7-11)15-12-8-4-5-9-14(12)25-16(15)18(22,23)24/h1-10,25H/b13-10+. The average molecular weight is 355 g/mol. The summed E-state index contributed by atoms with van der Waals surface area (Å²) >= 11 is 0. The first-order valence-electron chi connectivity index (χ1n) is 7.20. The van der Waals surface area contributed by atoms with Gasteiger partial charge in [-0.25, -0.2) is 0 Å². The zero-order valence-electron chi connectivity index (χ0n) is 12.5. The van der Waals surface area contributed by atoms with Gasteiger partial charge >= 0.3 is 12.4 Å². The minimum atomic E-state index is -4.83. The molecule has 0 aliphatic rings. The Morgan fingerprint density at radius 1 is 0.800 bits per heavy atom. The smallest absolute Gasteiger partial charge is 0.350 e. The van der Waals surface area contributed by atoms with E-state index >= 15 is 0 Å². The van der Waals surface area contributed by atoms with Gasteiger partial charge in [-0.2, -0.15) is 26.3 Å². The Hall–Kier alpha value is -2.70. The van der Waals surface area contributed by atoms with Crippen molar-refractivity contribution in [2.75, 3.05) is 0 Å². The van der Waals surface area contributed by atoms with Crippen LogP contribution >= 0.6 is 0 Å². The molecular weight excluding hydrogens is 344 g/mol. The largest absolute Gasteiger partial charge is 0.431 e. The van der Waals surface area contributed by atoms with E-state index in [4.69, 9.17) is 0 Å². The molecule has 3 rings (SSSR count). The summed E-state index contributed by atoms with van der Waals surface area (Å²) in [5, 5.41) is 0.0779. The molecule has 0 fully saturated rings. The van der Waals surface area contributed by atoms with Crippen LogP contribution in [0.2, 0.25) is 0 Å². The first-order chi connectivity index (χ1) is 11.7. The highest BCUT2D eigenvalue weighted by atomic mass is 19.4. The van der Waals surface area contributed by atoms with Gasteiger partial charge in [0.15, 0.2) is 0 Å². The second kappa shape index (κ2) is 5.98. The fourth-order valence-corrected chi connectivity index (χ4v) is 2.72. The van der Waals surface area contributed by atoms with Crippen molar-refractivity contribution in [1.29, 1.82) is 0 Å². The number of aromatic nitrogens is 1. The summed E-state index contributed by atoms with van der Waals surface area (Å²) in [5.41, 5.74) is -2.07. The van der Waals surface area contributed by atoms with E-state index < -0.39 is 29.2 Å². The fraction of sp³-hybridized carbons (Fsp3) is 0.111. The molecule has 0 aliphatic carbocycles. The van der Waals surface area contributed by atoms with Crippen LogP contribution in [-0.4, -0.2) is 11.2 Å². The van der Waals surface area contributed by atoms with Gasteiger partial charge in [0.25, 0.3) is 0 Å². The molecule has 1 N–H and O–H groups in total. The molecule has 1 heterocycles. The summed E-state index contributed by atoms with van der Waals surface area (Å²) in [4.78, 5) is 2.21. The number of halogens is 6. The Balaban J connectivity index is 2.39. The molecule has 0 unspecified atom stereocenters. The quantitative estimate of drug-likeness (QED) is 0.528. The molecule has 0 saturated carbocycles. The number of allylic oxidation sites excluding steroid dienone is 1. The van der Waals surface area contributed by atoms with E-state index in [0.717, 1.165) is 0 Å². The van der Waals surface area contributed by atoms with Gasteiger partial charge in [-0.05, 0) is 17.2 Å². The molecule has 1 nitrogen and oxygen atoms in total. The summed E-state index contributed by atoms with van der Waals surface area (Å²) < 4.78 is 79.5. The number of H-pyrrole nitrogens is 1. The number of fused-ring (bicyclic) bond motifs is 1. The summed E-state index contributed by atoms with van der Waals surface area (Å²) in [6, 6.07) is 13.0. The summed E-state index contributed by atoms with van der Waals surface area (Å²) in [6.45, 7) is 0. The zero-order valence-corrected chi connectivity index (χ0v) is 12.5. The third-order valence-electron chi connectivity index (χ3n) is 3.65. The first kappa shape index (κ1) is 17.1. The maximum atomic E-state index is 13.5. The molecule has 2 aromatic carbocycles. The van der Waals surface area contributed by atoms with Gasteiger partial charge in [-0.3, -0.25) is 0 Å². The Bertz CT molecular complexity index is 916. The van der Waals surface area contributed by atoms with Crippen LogP contribution in [0, 0.1) is 0 Å². The predicted octanol–water partition coefficient (Wildman–Crippen LogP) is 6.18. The van der Waals surface area contributed by atoms with Crippen molar-refractivity contribution in [3.63, 3.8) is 0 Å². The van der Waals surface area contributed by atoms with E-state index in [9.17, 15) is 26.3 Å². The van der Waals surface area contributed by atoms with Crippen molar-refractivity contribution in [2.45, 2.75) is 12.4 Å². The van der Waals surface area contributed by atoms with E-state index in [2.05, 4.69) is 4.98 Å². The Morgan fingerprint density at radius 2 is 1.40 bits per heavy atom. The van der Waals surface area contributed by atoms with E-state index in [1.54, 1.807) is 6.07 Å². The Labute approximate surface area is 138 Å². The van der Waals surface area contributed by atoms with Crippen LogP contribution in [0.15, 0.2) is 60.7 Å². The van der Waals surface area contributed by atoms with Gasteiger partial charge < -0.3 is 4.98 Å². The third kappa shape index (κ3) is 3.55.